The third kappa shape index (κ3) is 3.17. The van der Waals surface area contributed by atoms with Gasteiger partial charge < -0.3 is 10.4 Å². The first kappa shape index (κ1) is 14.5. The number of carbonyl (C=O) groups is 2. The van der Waals surface area contributed by atoms with Gasteiger partial charge in [-0.1, -0.05) is 23.8 Å². The minimum Gasteiger partial charge on any atom is -0.481 e. The molecular weight excluding hydrogens is 285 g/mol. The molecule has 2 rings (SSSR count). The Balaban J connectivity index is 2.12. The highest BCUT2D eigenvalue weighted by Crippen LogP contribution is 2.28. The van der Waals surface area contributed by atoms with E-state index in [1.165, 1.54) is 12.1 Å². The first-order valence-corrected chi connectivity index (χ1v) is 6.50. The zero-order valence-electron chi connectivity index (χ0n) is 10.5. The van der Waals surface area contributed by atoms with Crippen molar-refractivity contribution in [1.29, 1.82) is 0 Å². The van der Waals surface area contributed by atoms with Gasteiger partial charge in [0.05, 0.1) is 16.9 Å². The molecule has 0 spiro atoms. The molecule has 2 atom stereocenters. The Morgan fingerprint density at radius 3 is 2.50 bits per heavy atom. The minimum atomic E-state index is -0.994. The van der Waals surface area contributed by atoms with Gasteiger partial charge in [-0.3, -0.25) is 9.59 Å². The molecule has 0 heterocycles. The predicted molar refractivity (Wildman–Crippen MR) is 73.0 cm³/mol. The van der Waals surface area contributed by atoms with E-state index >= 15 is 0 Å². The summed E-state index contributed by atoms with van der Waals surface area (Å²) in [6.07, 6.45) is 4.26. The monoisotopic (exact) mass is 297 g/mol. The molecule has 0 radical (unpaired) electrons. The van der Waals surface area contributed by atoms with E-state index in [0.717, 1.165) is 6.07 Å². The molecule has 1 amide bonds. The van der Waals surface area contributed by atoms with Crippen LogP contribution in [0.5, 0.6) is 0 Å². The Morgan fingerprint density at radius 2 is 1.90 bits per heavy atom. The van der Waals surface area contributed by atoms with Gasteiger partial charge in [0.1, 0.15) is 5.82 Å². The molecule has 0 unspecified atom stereocenters. The third-order valence-corrected chi connectivity index (χ3v) is 3.56. The summed E-state index contributed by atoms with van der Waals surface area (Å²) in [5.41, 5.74) is 0.347. The standard InChI is InChI=1S/C14H13ClFNO3/c15-11-7-8(5-6-12(11)16)17-13(18)9-3-1-2-4-10(9)14(19)20/h1-2,5-7,9-10H,3-4H2,(H,17,18)(H,19,20)/t9-,10-/m0/s1. The SMILES string of the molecule is O=C(O)[C@H]1CC=CC[C@@H]1C(=O)Nc1ccc(F)c(Cl)c1. The van der Waals surface area contributed by atoms with Crippen molar-refractivity contribution in [1.82, 2.24) is 0 Å². The Labute approximate surface area is 120 Å². The molecule has 0 aliphatic heterocycles. The van der Waals surface area contributed by atoms with Crippen LogP contribution in [0.15, 0.2) is 30.4 Å². The van der Waals surface area contributed by atoms with Crippen LogP contribution in [0.1, 0.15) is 12.8 Å². The largest absolute Gasteiger partial charge is 0.481 e. The number of hydrogen-bond acceptors (Lipinski definition) is 2. The molecular formula is C14H13ClFNO3. The molecule has 0 bridgehead atoms. The molecule has 1 aromatic carbocycles. The van der Waals surface area contributed by atoms with E-state index in [4.69, 9.17) is 16.7 Å². The fourth-order valence-electron chi connectivity index (χ4n) is 2.19. The molecule has 6 heteroatoms. The fourth-order valence-corrected chi connectivity index (χ4v) is 2.37. The first-order valence-electron chi connectivity index (χ1n) is 6.12. The van der Waals surface area contributed by atoms with Crippen molar-refractivity contribution in [3.8, 4) is 0 Å². The maximum Gasteiger partial charge on any atom is 0.307 e. The summed E-state index contributed by atoms with van der Waals surface area (Å²) >= 11 is 5.63. The van der Waals surface area contributed by atoms with Crippen molar-refractivity contribution in [3.05, 3.63) is 41.2 Å². The number of anilines is 1. The van der Waals surface area contributed by atoms with Crippen LogP contribution in [-0.4, -0.2) is 17.0 Å². The van der Waals surface area contributed by atoms with E-state index in [-0.39, 0.29) is 5.02 Å². The Kier molecular flexibility index (Phi) is 4.39. The van der Waals surface area contributed by atoms with Gasteiger partial charge >= 0.3 is 5.97 Å². The van der Waals surface area contributed by atoms with Gasteiger partial charge in [0, 0.05) is 5.69 Å². The molecule has 0 fully saturated rings. The predicted octanol–water partition coefficient (Wildman–Crippen LogP) is 3.08. The summed E-state index contributed by atoms with van der Waals surface area (Å²) in [6, 6.07) is 3.82. The van der Waals surface area contributed by atoms with Crippen LogP contribution < -0.4 is 5.32 Å². The normalized spacial score (nSPS) is 21.5. The summed E-state index contributed by atoms with van der Waals surface area (Å²) < 4.78 is 13.0. The van der Waals surface area contributed by atoms with Crippen LogP contribution in [0.3, 0.4) is 0 Å². The second-order valence-corrected chi connectivity index (χ2v) is 5.02. The second-order valence-electron chi connectivity index (χ2n) is 4.61. The number of carboxylic acids is 1. The Morgan fingerprint density at radius 1 is 1.25 bits per heavy atom. The van der Waals surface area contributed by atoms with Crippen molar-refractivity contribution >= 4 is 29.2 Å². The fraction of sp³-hybridized carbons (Fsp3) is 0.286. The molecule has 20 heavy (non-hydrogen) atoms. The summed E-state index contributed by atoms with van der Waals surface area (Å²) in [5.74, 6) is -3.35. The number of hydrogen-bond donors (Lipinski definition) is 2. The molecule has 1 aromatic rings. The lowest BCUT2D eigenvalue weighted by Crippen LogP contribution is -2.34. The summed E-state index contributed by atoms with van der Waals surface area (Å²) in [4.78, 5) is 23.3. The van der Waals surface area contributed by atoms with Crippen molar-refractivity contribution in [2.24, 2.45) is 11.8 Å². The third-order valence-electron chi connectivity index (χ3n) is 3.27. The van der Waals surface area contributed by atoms with E-state index in [2.05, 4.69) is 5.32 Å². The molecule has 2 N–H and O–H groups in total. The van der Waals surface area contributed by atoms with Gasteiger partial charge in [-0.15, -0.1) is 0 Å². The van der Waals surface area contributed by atoms with Crippen LogP contribution in [-0.2, 0) is 9.59 Å². The van der Waals surface area contributed by atoms with E-state index in [0.29, 0.717) is 18.5 Å². The second kappa shape index (κ2) is 6.05. The average molecular weight is 298 g/mol. The number of rotatable bonds is 3. The number of benzene rings is 1. The van der Waals surface area contributed by atoms with Gasteiger partial charge in [-0.25, -0.2) is 4.39 Å². The van der Waals surface area contributed by atoms with E-state index in [1.54, 1.807) is 12.2 Å². The highest BCUT2D eigenvalue weighted by atomic mass is 35.5. The lowest BCUT2D eigenvalue weighted by Gasteiger charge is -2.24. The average Bonchev–Trinajstić information content (AvgIpc) is 2.43. The van der Waals surface area contributed by atoms with Crippen molar-refractivity contribution in [2.45, 2.75) is 12.8 Å². The van der Waals surface area contributed by atoms with E-state index in [1.807, 2.05) is 0 Å². The quantitative estimate of drug-likeness (QED) is 0.843. The maximum atomic E-state index is 13.0. The highest BCUT2D eigenvalue weighted by molar-refractivity contribution is 6.31. The van der Waals surface area contributed by atoms with Crippen molar-refractivity contribution in [2.75, 3.05) is 5.32 Å². The number of halogens is 2. The zero-order chi connectivity index (χ0) is 14.7. The molecule has 4 nitrogen and oxygen atoms in total. The zero-order valence-corrected chi connectivity index (χ0v) is 11.2. The number of carboxylic acid groups (broad SMARTS) is 1. The molecule has 1 aliphatic carbocycles. The summed E-state index contributed by atoms with van der Waals surface area (Å²) in [7, 11) is 0. The van der Waals surface area contributed by atoms with Crippen molar-refractivity contribution < 1.29 is 19.1 Å². The number of carbonyl (C=O) groups excluding carboxylic acids is 1. The smallest absolute Gasteiger partial charge is 0.307 e. The molecule has 1 aliphatic rings. The molecule has 0 aromatic heterocycles. The highest BCUT2D eigenvalue weighted by Gasteiger charge is 2.33. The number of amides is 1. The molecule has 0 saturated carbocycles. The molecule has 106 valence electrons. The van der Waals surface area contributed by atoms with Crippen LogP contribution >= 0.6 is 11.6 Å². The number of aliphatic carboxylic acids is 1. The Hall–Kier alpha value is -1.88. The van der Waals surface area contributed by atoms with Crippen LogP contribution in [0.4, 0.5) is 10.1 Å². The topological polar surface area (TPSA) is 66.4 Å². The van der Waals surface area contributed by atoms with Gasteiger partial charge in [0.15, 0.2) is 0 Å². The lowest BCUT2D eigenvalue weighted by molar-refractivity contribution is -0.146. The maximum absolute atomic E-state index is 13.0. The van der Waals surface area contributed by atoms with Crippen LogP contribution in [0.2, 0.25) is 5.02 Å². The van der Waals surface area contributed by atoms with E-state index in [9.17, 15) is 14.0 Å². The number of nitrogens with one attached hydrogen (secondary N) is 1. The summed E-state index contributed by atoms with van der Waals surface area (Å²) in [5, 5.41) is 11.6. The Bertz CT molecular complexity index is 574. The number of allylic oxidation sites excluding steroid dienone is 2. The van der Waals surface area contributed by atoms with Crippen LogP contribution in [0.25, 0.3) is 0 Å². The van der Waals surface area contributed by atoms with Gasteiger partial charge in [0.2, 0.25) is 5.91 Å². The van der Waals surface area contributed by atoms with Gasteiger partial charge in [-0.05, 0) is 31.0 Å². The van der Waals surface area contributed by atoms with Gasteiger partial charge in [0.25, 0.3) is 0 Å². The van der Waals surface area contributed by atoms with Gasteiger partial charge in [-0.2, -0.15) is 0 Å². The van der Waals surface area contributed by atoms with E-state index < -0.39 is 29.5 Å². The summed E-state index contributed by atoms with van der Waals surface area (Å²) in [6.45, 7) is 0. The van der Waals surface area contributed by atoms with Crippen LogP contribution in [0, 0.1) is 17.7 Å². The lowest BCUT2D eigenvalue weighted by atomic mass is 9.82. The first-order chi connectivity index (χ1) is 9.49. The molecule has 0 saturated heterocycles. The van der Waals surface area contributed by atoms with Crippen molar-refractivity contribution in [3.63, 3.8) is 0 Å². The minimum absolute atomic E-state index is 0.0962.